The van der Waals surface area contributed by atoms with Gasteiger partial charge in [0.05, 0.1) is 23.3 Å². The lowest BCUT2D eigenvalue weighted by molar-refractivity contribution is -0.164. The summed E-state index contributed by atoms with van der Waals surface area (Å²) in [5.74, 6) is 0.0589. The number of amides is 2. The summed E-state index contributed by atoms with van der Waals surface area (Å²) in [5.41, 5.74) is 1.76. The van der Waals surface area contributed by atoms with Crippen LogP contribution < -0.4 is 0 Å². The molecule has 0 unspecified atom stereocenters. The first kappa shape index (κ1) is 26.7. The van der Waals surface area contributed by atoms with Gasteiger partial charge in [0.25, 0.3) is 5.91 Å². The summed E-state index contributed by atoms with van der Waals surface area (Å²) in [6.45, 7) is 1.07. The van der Waals surface area contributed by atoms with Crippen LogP contribution in [-0.2, 0) is 11.3 Å². The first-order chi connectivity index (χ1) is 19.4. The maximum absolute atomic E-state index is 14.2. The molecule has 3 aliphatic rings. The number of nitrogens with zero attached hydrogens (tertiary/aromatic N) is 3. The molecule has 40 heavy (non-hydrogen) atoms. The lowest BCUT2D eigenvalue weighted by Gasteiger charge is -2.51. The molecule has 210 valence electrons. The third-order valence-electron chi connectivity index (χ3n) is 9.19. The molecule has 0 radical (unpaired) electrons. The van der Waals surface area contributed by atoms with Crippen LogP contribution in [0.1, 0.15) is 90.7 Å². The third kappa shape index (κ3) is 5.17. The summed E-state index contributed by atoms with van der Waals surface area (Å²) in [6.07, 6.45) is 6.24. The van der Waals surface area contributed by atoms with Gasteiger partial charge in [-0.1, -0.05) is 66.9 Å². The number of carbonyl (C=O) groups excluding carboxylic acids is 2. The highest BCUT2D eigenvalue weighted by Gasteiger charge is 2.53. The Morgan fingerprint density at radius 3 is 2.42 bits per heavy atom. The highest BCUT2D eigenvalue weighted by molar-refractivity contribution is 5.92. The van der Waals surface area contributed by atoms with Gasteiger partial charge in [-0.3, -0.25) is 9.59 Å². The zero-order chi connectivity index (χ0) is 27.7. The minimum atomic E-state index is -0.768. The maximum atomic E-state index is 14.2. The maximum Gasteiger partial charge on any atom is 0.292 e. The number of likely N-dealkylation sites (tertiary alicyclic amines) is 2. The first-order valence-electron chi connectivity index (χ1n) is 14.5. The number of aliphatic hydroxyl groups is 1. The lowest BCUT2D eigenvalue weighted by atomic mass is 9.68. The molecule has 2 aromatic carbocycles. The lowest BCUT2D eigenvalue weighted by Crippen LogP contribution is -2.58. The molecule has 2 amide bonds. The number of aliphatic hydroxyl groups excluding tert-OH is 1. The van der Waals surface area contributed by atoms with Gasteiger partial charge in [0.2, 0.25) is 11.7 Å². The molecule has 1 aliphatic carbocycles. The van der Waals surface area contributed by atoms with Gasteiger partial charge in [-0.2, -0.15) is 0 Å². The third-order valence-corrected chi connectivity index (χ3v) is 9.19. The SMILES string of the molecule is O=C(c1cc(C2CCCCC2)no1)N1CCC2(CC1)C[C@@H](O)[C@H](c1ccccc1)N(Cc1ccc(F)cc1)C2=O. The Hall–Kier alpha value is -3.52. The van der Waals surface area contributed by atoms with Crippen LogP contribution in [0.5, 0.6) is 0 Å². The predicted molar refractivity (Wildman–Crippen MR) is 147 cm³/mol. The molecular formula is C32H36FN3O4. The fraction of sp³-hybridized carbons (Fsp3) is 0.469. The molecule has 3 heterocycles. The topological polar surface area (TPSA) is 86.9 Å². The number of rotatable bonds is 5. The Labute approximate surface area is 233 Å². The van der Waals surface area contributed by atoms with Crippen LogP contribution in [0.3, 0.4) is 0 Å². The van der Waals surface area contributed by atoms with Crippen LogP contribution >= 0.6 is 0 Å². The first-order valence-corrected chi connectivity index (χ1v) is 14.5. The van der Waals surface area contributed by atoms with E-state index in [9.17, 15) is 19.1 Å². The second-order valence-electron chi connectivity index (χ2n) is 11.7. The zero-order valence-electron chi connectivity index (χ0n) is 22.7. The number of aromatic nitrogens is 1. The van der Waals surface area contributed by atoms with E-state index in [1.165, 1.54) is 31.4 Å². The molecule has 1 saturated carbocycles. The van der Waals surface area contributed by atoms with Gasteiger partial charge in [-0.05, 0) is 55.4 Å². The van der Waals surface area contributed by atoms with E-state index in [-0.39, 0.29) is 29.9 Å². The average molecular weight is 546 g/mol. The summed E-state index contributed by atoms with van der Waals surface area (Å²) >= 11 is 0. The molecule has 1 N–H and O–H groups in total. The van der Waals surface area contributed by atoms with E-state index in [4.69, 9.17) is 4.52 Å². The highest BCUT2D eigenvalue weighted by atomic mass is 19.1. The van der Waals surface area contributed by atoms with Crippen molar-refractivity contribution >= 4 is 11.8 Å². The Balaban J connectivity index is 1.19. The van der Waals surface area contributed by atoms with Crippen LogP contribution in [0.4, 0.5) is 4.39 Å². The van der Waals surface area contributed by atoms with Crippen molar-refractivity contribution in [1.82, 2.24) is 15.0 Å². The molecule has 1 aromatic heterocycles. The van der Waals surface area contributed by atoms with E-state index in [0.29, 0.717) is 38.3 Å². The van der Waals surface area contributed by atoms with Gasteiger partial charge in [0.1, 0.15) is 5.82 Å². The highest BCUT2D eigenvalue weighted by Crippen LogP contribution is 2.47. The predicted octanol–water partition coefficient (Wildman–Crippen LogP) is 5.62. The van der Waals surface area contributed by atoms with Crippen LogP contribution in [0.2, 0.25) is 0 Å². The van der Waals surface area contributed by atoms with Gasteiger partial charge in [0.15, 0.2) is 0 Å². The number of carbonyl (C=O) groups is 2. The monoisotopic (exact) mass is 545 g/mol. The standard InChI is InChI=1S/C32H36FN3O4/c33-25-13-11-22(12-14-25)21-36-29(24-9-5-2-6-10-24)27(37)20-32(31(36)39)15-17-35(18-16-32)30(38)28-19-26(34-40-28)23-7-3-1-4-8-23/h2,5-6,9-14,19,23,27,29,37H,1,3-4,7-8,15-18,20-21H2/t27-,29+/m1/s1. The largest absolute Gasteiger partial charge is 0.391 e. The van der Waals surface area contributed by atoms with E-state index in [1.807, 2.05) is 30.3 Å². The molecule has 3 fully saturated rings. The molecule has 0 bridgehead atoms. The summed E-state index contributed by atoms with van der Waals surface area (Å²) in [7, 11) is 0. The molecule has 1 spiro atoms. The molecule has 2 saturated heterocycles. The summed E-state index contributed by atoms with van der Waals surface area (Å²) in [4.78, 5) is 31.0. The summed E-state index contributed by atoms with van der Waals surface area (Å²) in [6, 6.07) is 17.0. The second kappa shape index (κ2) is 11.2. The van der Waals surface area contributed by atoms with Crippen LogP contribution in [-0.4, -0.2) is 51.1 Å². The van der Waals surface area contributed by atoms with Crippen LogP contribution in [0.15, 0.2) is 65.2 Å². The number of piperidine rings is 2. The smallest absolute Gasteiger partial charge is 0.292 e. The number of hydrogen-bond donors (Lipinski definition) is 1. The van der Waals surface area contributed by atoms with Gasteiger partial charge in [-0.15, -0.1) is 0 Å². The Morgan fingerprint density at radius 2 is 1.73 bits per heavy atom. The number of hydrogen-bond acceptors (Lipinski definition) is 5. The van der Waals surface area contributed by atoms with E-state index < -0.39 is 17.6 Å². The van der Waals surface area contributed by atoms with E-state index in [1.54, 1.807) is 28.0 Å². The molecule has 2 atom stereocenters. The number of benzene rings is 2. The fourth-order valence-electron chi connectivity index (χ4n) is 6.94. The van der Waals surface area contributed by atoms with Crippen LogP contribution in [0.25, 0.3) is 0 Å². The van der Waals surface area contributed by atoms with Crippen molar-refractivity contribution in [3.05, 3.63) is 89.1 Å². The van der Waals surface area contributed by atoms with Crippen molar-refractivity contribution in [2.45, 2.75) is 76.0 Å². The number of halogens is 1. The van der Waals surface area contributed by atoms with Gasteiger partial charge < -0.3 is 19.4 Å². The van der Waals surface area contributed by atoms with Crippen LogP contribution in [0, 0.1) is 11.2 Å². The van der Waals surface area contributed by atoms with Gasteiger partial charge in [-0.25, -0.2) is 4.39 Å². The Kier molecular flexibility index (Phi) is 7.45. The normalized spacial score (nSPS) is 23.5. The van der Waals surface area contributed by atoms with Gasteiger partial charge >= 0.3 is 0 Å². The van der Waals surface area contributed by atoms with Crippen molar-refractivity contribution < 1.29 is 23.6 Å². The van der Waals surface area contributed by atoms with E-state index in [0.717, 1.165) is 29.7 Å². The Morgan fingerprint density at radius 1 is 1.02 bits per heavy atom. The fourth-order valence-corrected chi connectivity index (χ4v) is 6.94. The minimum absolute atomic E-state index is 0.0256. The quantitative estimate of drug-likeness (QED) is 0.450. The average Bonchev–Trinajstić information content (AvgIpc) is 3.49. The molecule has 8 heteroatoms. The van der Waals surface area contributed by atoms with Crippen molar-refractivity contribution in [2.75, 3.05) is 13.1 Å². The van der Waals surface area contributed by atoms with Crippen molar-refractivity contribution in [3.63, 3.8) is 0 Å². The molecule has 3 aromatic rings. The van der Waals surface area contributed by atoms with Crippen molar-refractivity contribution in [1.29, 1.82) is 0 Å². The summed E-state index contributed by atoms with van der Waals surface area (Å²) in [5, 5.41) is 15.7. The molecular weight excluding hydrogens is 509 g/mol. The summed E-state index contributed by atoms with van der Waals surface area (Å²) < 4.78 is 19.1. The van der Waals surface area contributed by atoms with E-state index in [2.05, 4.69) is 5.16 Å². The molecule has 7 nitrogen and oxygen atoms in total. The van der Waals surface area contributed by atoms with Crippen molar-refractivity contribution in [3.8, 4) is 0 Å². The zero-order valence-corrected chi connectivity index (χ0v) is 22.7. The molecule has 2 aliphatic heterocycles. The minimum Gasteiger partial charge on any atom is -0.391 e. The van der Waals surface area contributed by atoms with Crippen molar-refractivity contribution in [2.24, 2.45) is 5.41 Å². The Bertz CT molecular complexity index is 1330. The molecule has 6 rings (SSSR count). The second-order valence-corrected chi connectivity index (χ2v) is 11.7. The van der Waals surface area contributed by atoms with E-state index >= 15 is 0 Å². The van der Waals surface area contributed by atoms with Gasteiger partial charge in [0, 0.05) is 31.6 Å².